The predicted molar refractivity (Wildman–Crippen MR) is 220 cm³/mol. The van der Waals surface area contributed by atoms with Crippen LogP contribution < -0.4 is 5.32 Å². The Hall–Kier alpha value is -5.07. The van der Waals surface area contributed by atoms with Gasteiger partial charge in [0.25, 0.3) is 0 Å². The molecule has 2 bridgehead atoms. The first-order valence-corrected chi connectivity index (χ1v) is 21.1. The highest BCUT2D eigenvalue weighted by Gasteiger charge is 2.80. The molecule has 5 rings (SSSR count). The number of benzene rings is 1. The van der Waals surface area contributed by atoms with Crippen LogP contribution in [0.25, 0.3) is 10.4 Å². The van der Waals surface area contributed by atoms with Gasteiger partial charge in [-0.15, -0.1) is 0 Å². The summed E-state index contributed by atoms with van der Waals surface area (Å²) in [7, 11) is 0. The second kappa shape index (κ2) is 17.8. The highest BCUT2D eigenvalue weighted by molar-refractivity contribution is 5.96. The number of ketones is 1. The predicted octanol–water partition coefficient (Wildman–Crippen LogP) is 4.18. The van der Waals surface area contributed by atoms with E-state index in [0.717, 1.165) is 6.92 Å². The normalized spacial score (nSPS) is 33.0. The van der Waals surface area contributed by atoms with Crippen LogP contribution in [0.4, 0.5) is 4.79 Å². The summed E-state index contributed by atoms with van der Waals surface area (Å²) in [6, 6.07) is 4.28. The number of alkyl carbamates (subject to hydrolysis) is 1. The van der Waals surface area contributed by atoms with Crippen molar-refractivity contribution in [1.29, 1.82) is 0 Å². The Morgan fingerprint density at radius 2 is 1.70 bits per heavy atom. The van der Waals surface area contributed by atoms with Crippen LogP contribution in [0.2, 0.25) is 0 Å². The average molecular weight is 885 g/mol. The SMILES string of the molecule is CCC(=O)O[C@H]1C(=O)[C@@]2(C)[C@H]([C@H](OC(=O)c3ccccc3)[C@]3(O)[C@@H](N=[N+]=[N-])[C@H](OC(=O)[C@H](O)C(CC(C)C)NC(=O)OC(C)(C)C)C(C)=C1C3(C)C)[C@]1(OC(C)=O)CO[C@@H]1C[C@@H]2O. The van der Waals surface area contributed by atoms with E-state index in [9.17, 15) is 44.8 Å². The molecule has 19 nitrogen and oxygen atoms in total. The third kappa shape index (κ3) is 8.65. The lowest BCUT2D eigenvalue weighted by Crippen LogP contribution is -2.83. The Bertz CT molecular complexity index is 2060. The fraction of sp³-hybridized carbons (Fsp3) is 0.682. The van der Waals surface area contributed by atoms with Gasteiger partial charge in [-0.25, -0.2) is 14.4 Å². The molecule has 4 aliphatic rings. The quantitative estimate of drug-likeness (QED) is 0.0572. The Balaban J connectivity index is 1.83. The van der Waals surface area contributed by atoms with Gasteiger partial charge in [-0.1, -0.05) is 57.9 Å². The molecule has 3 aliphatic carbocycles. The molecule has 4 N–H and O–H groups in total. The Morgan fingerprint density at radius 3 is 2.22 bits per heavy atom. The van der Waals surface area contributed by atoms with Crippen molar-refractivity contribution in [2.45, 2.75) is 161 Å². The first kappa shape index (κ1) is 49.0. The molecule has 2 saturated carbocycles. The van der Waals surface area contributed by atoms with Crippen molar-refractivity contribution in [3.8, 4) is 0 Å². The number of fused-ring (bicyclic) bond motifs is 5. The zero-order valence-electron chi connectivity index (χ0n) is 37.6. The topological polar surface area (TPSA) is 279 Å². The van der Waals surface area contributed by atoms with Crippen LogP contribution in [-0.4, -0.2) is 123 Å². The smallest absolute Gasteiger partial charge is 0.407 e. The van der Waals surface area contributed by atoms with Crippen LogP contribution >= 0.6 is 0 Å². The molecule has 1 saturated heterocycles. The number of carbonyl (C=O) groups is 6. The average Bonchev–Trinajstić information content (AvgIpc) is 3.18. The number of nitrogens with one attached hydrogen (secondary N) is 1. The minimum Gasteiger partial charge on any atom is -0.455 e. The molecule has 1 unspecified atom stereocenters. The van der Waals surface area contributed by atoms with Gasteiger partial charge < -0.3 is 49.1 Å². The molecule has 3 fully saturated rings. The van der Waals surface area contributed by atoms with E-state index in [0.29, 0.717) is 0 Å². The second-order valence-corrected chi connectivity index (χ2v) is 19.0. The maximum Gasteiger partial charge on any atom is 0.407 e. The monoisotopic (exact) mass is 884 g/mol. The number of azide groups is 1. The summed E-state index contributed by atoms with van der Waals surface area (Å²) in [5.74, 6) is -7.02. The standard InChI is InChI=1S/C44H60N4O15/c1-12-28(51)59-32-29-22(4)31(60-38(55)30(52)25(18-21(2)3)46-39(56)63-40(6,7)8)34(47-48-45)44(57,41(29,9)10)36(61-37(54)24-16-14-13-15-17-24)33-42(11,35(32)53)26(50)19-27-43(33,20-58-27)62-23(5)49/h13-17,21,25-27,30-34,36,50,52,57H,12,18-20H2,1-11H3,(H,46,56)/t25?,26-,27+,30+,31+,32+,33-,34-,36-,42+,43-,44+/m0/s1. The fourth-order valence-corrected chi connectivity index (χ4v) is 10.0. The van der Waals surface area contributed by atoms with Crippen molar-refractivity contribution in [3.63, 3.8) is 0 Å². The Kier molecular flexibility index (Phi) is 13.9. The number of amides is 1. The van der Waals surface area contributed by atoms with E-state index in [2.05, 4.69) is 15.3 Å². The van der Waals surface area contributed by atoms with Crippen molar-refractivity contribution in [2.75, 3.05) is 6.61 Å². The van der Waals surface area contributed by atoms with Crippen molar-refractivity contribution in [2.24, 2.45) is 27.8 Å². The number of rotatable bonds is 12. The summed E-state index contributed by atoms with van der Waals surface area (Å²) in [6.07, 6.45) is -12.3. The van der Waals surface area contributed by atoms with E-state index in [1.54, 1.807) is 52.8 Å². The van der Waals surface area contributed by atoms with Crippen molar-refractivity contribution < 1.29 is 72.5 Å². The van der Waals surface area contributed by atoms with E-state index in [4.69, 9.17) is 28.4 Å². The van der Waals surface area contributed by atoms with E-state index in [-0.39, 0.29) is 41.9 Å². The van der Waals surface area contributed by atoms with Crippen molar-refractivity contribution in [1.82, 2.24) is 5.32 Å². The van der Waals surface area contributed by atoms with Gasteiger partial charge >= 0.3 is 30.0 Å². The lowest BCUT2D eigenvalue weighted by Gasteiger charge is -2.68. The van der Waals surface area contributed by atoms with E-state index < -0.39 is 125 Å². The molecule has 0 aromatic heterocycles. The van der Waals surface area contributed by atoms with Gasteiger partial charge in [-0.05, 0) is 75.8 Å². The molecule has 63 heavy (non-hydrogen) atoms. The third-order valence-electron chi connectivity index (χ3n) is 13.0. The van der Waals surface area contributed by atoms with Crippen LogP contribution in [0.15, 0.2) is 46.6 Å². The summed E-state index contributed by atoms with van der Waals surface area (Å²) < 4.78 is 35.7. The fourth-order valence-electron chi connectivity index (χ4n) is 10.0. The molecule has 1 amide bonds. The van der Waals surface area contributed by atoms with Crippen LogP contribution in [-0.2, 0) is 47.6 Å². The Morgan fingerprint density at radius 1 is 1.06 bits per heavy atom. The number of ether oxygens (including phenoxy) is 6. The lowest BCUT2D eigenvalue weighted by molar-refractivity contribution is -0.347. The van der Waals surface area contributed by atoms with E-state index in [1.807, 2.05) is 0 Å². The van der Waals surface area contributed by atoms with E-state index in [1.165, 1.54) is 46.8 Å². The molecule has 19 heteroatoms. The van der Waals surface area contributed by atoms with Crippen LogP contribution in [0, 0.1) is 22.7 Å². The summed E-state index contributed by atoms with van der Waals surface area (Å²) in [4.78, 5) is 86.7. The largest absolute Gasteiger partial charge is 0.455 e. The van der Waals surface area contributed by atoms with E-state index >= 15 is 4.79 Å². The van der Waals surface area contributed by atoms with Crippen LogP contribution in [0.3, 0.4) is 0 Å². The molecule has 1 aromatic carbocycles. The molecule has 1 aromatic rings. The molecular weight excluding hydrogens is 824 g/mol. The van der Waals surface area contributed by atoms with Crippen LogP contribution in [0.5, 0.6) is 0 Å². The first-order valence-electron chi connectivity index (χ1n) is 21.1. The number of esters is 4. The molecule has 1 aliphatic heterocycles. The number of Topliss-reactive ketones (excluding diaryl/α,β-unsaturated/α-hetero) is 1. The van der Waals surface area contributed by atoms with Gasteiger partial charge in [0.1, 0.15) is 35.6 Å². The summed E-state index contributed by atoms with van der Waals surface area (Å²) in [5.41, 5.74) is 0.224. The summed E-state index contributed by atoms with van der Waals surface area (Å²) >= 11 is 0. The maximum absolute atomic E-state index is 15.6. The molecule has 346 valence electrons. The summed E-state index contributed by atoms with van der Waals surface area (Å²) in [5, 5.41) is 44.3. The van der Waals surface area contributed by atoms with Crippen LogP contribution in [0.1, 0.15) is 106 Å². The van der Waals surface area contributed by atoms with Gasteiger partial charge in [-0.3, -0.25) is 14.4 Å². The number of hydrogen-bond acceptors (Lipinski definition) is 16. The first-order chi connectivity index (χ1) is 29.2. The van der Waals surface area contributed by atoms with Crippen molar-refractivity contribution in [3.05, 3.63) is 57.5 Å². The maximum atomic E-state index is 15.6. The van der Waals surface area contributed by atoms with Gasteiger partial charge in [0, 0.05) is 30.1 Å². The molecule has 12 atom stereocenters. The Labute approximate surface area is 365 Å². The number of carbonyl (C=O) groups excluding carboxylic acids is 6. The van der Waals surface area contributed by atoms with Crippen molar-refractivity contribution >= 4 is 35.8 Å². The zero-order valence-corrected chi connectivity index (χ0v) is 37.6. The number of aliphatic hydroxyl groups is 3. The van der Waals surface area contributed by atoms with Gasteiger partial charge in [0.15, 0.2) is 23.6 Å². The molecule has 0 spiro atoms. The summed E-state index contributed by atoms with van der Waals surface area (Å²) in [6.45, 7) is 16.2. The third-order valence-corrected chi connectivity index (χ3v) is 13.0. The molecular formula is C44H60N4O15. The highest BCUT2D eigenvalue weighted by atomic mass is 16.6. The van der Waals surface area contributed by atoms with Gasteiger partial charge in [0.2, 0.25) is 0 Å². The number of aliphatic hydroxyl groups excluding tert-OH is 2. The molecule has 1 heterocycles. The zero-order chi connectivity index (χ0) is 47.2. The van der Waals surface area contributed by atoms with Gasteiger partial charge in [0.05, 0.1) is 35.6 Å². The minimum absolute atomic E-state index is 0.0223. The minimum atomic E-state index is -2.83. The second-order valence-electron chi connectivity index (χ2n) is 19.0. The highest BCUT2D eigenvalue weighted by Crippen LogP contribution is 2.65. The molecule has 0 radical (unpaired) electrons. The number of nitrogens with zero attached hydrogens (tertiary/aromatic N) is 3. The lowest BCUT2D eigenvalue weighted by atomic mass is 9.44. The number of hydrogen-bond donors (Lipinski definition) is 4. The van der Waals surface area contributed by atoms with Gasteiger partial charge in [-0.2, -0.15) is 0 Å².